The zero-order valence-corrected chi connectivity index (χ0v) is 6.34. The van der Waals surface area contributed by atoms with E-state index in [0.29, 0.717) is 0 Å². The Morgan fingerprint density at radius 2 is 1.40 bits per heavy atom. The molecular weight excluding hydrogens is 122 g/mol. The molecule has 3 rings (SSSR count). The molecule has 56 valence electrons. The Bertz CT molecular complexity index is 121. The summed E-state index contributed by atoms with van der Waals surface area (Å²) in [6, 6.07) is 1.87. The normalized spacial score (nSPS) is 57.6. The van der Waals surface area contributed by atoms with Gasteiger partial charge in [0, 0.05) is 12.1 Å². The van der Waals surface area contributed by atoms with E-state index in [1.54, 1.807) is 6.42 Å². The van der Waals surface area contributed by atoms with Crippen molar-refractivity contribution in [2.24, 2.45) is 11.8 Å². The van der Waals surface area contributed by atoms with Gasteiger partial charge in [0.05, 0.1) is 0 Å². The standard InChI is InChI=1S/C9H15N/c1-2-7-5-6(1)8-3-4-9(7)10-8/h6-10H,1-5H2/t6-,7+,8-,9+. The molecule has 2 heterocycles. The van der Waals surface area contributed by atoms with Crippen molar-refractivity contribution in [2.45, 2.75) is 44.2 Å². The Morgan fingerprint density at radius 1 is 0.800 bits per heavy atom. The van der Waals surface area contributed by atoms with Crippen LogP contribution in [0.3, 0.4) is 0 Å². The van der Waals surface area contributed by atoms with Gasteiger partial charge in [-0.25, -0.2) is 0 Å². The van der Waals surface area contributed by atoms with Crippen molar-refractivity contribution >= 4 is 0 Å². The minimum atomic E-state index is 0.934. The molecule has 0 aromatic rings. The van der Waals surface area contributed by atoms with Crippen LogP contribution in [0.5, 0.6) is 0 Å². The van der Waals surface area contributed by atoms with E-state index in [1.165, 1.54) is 25.7 Å². The third-order valence-corrected chi connectivity index (χ3v) is 3.87. The molecule has 3 aliphatic rings. The van der Waals surface area contributed by atoms with Crippen molar-refractivity contribution in [2.75, 3.05) is 0 Å². The van der Waals surface area contributed by atoms with Crippen LogP contribution in [0.4, 0.5) is 0 Å². The maximum Gasteiger partial charge on any atom is 0.00987 e. The fourth-order valence-corrected chi connectivity index (χ4v) is 3.33. The highest BCUT2D eigenvalue weighted by atomic mass is 15.0. The minimum absolute atomic E-state index is 0.934. The topological polar surface area (TPSA) is 12.0 Å². The molecule has 1 nitrogen and oxygen atoms in total. The van der Waals surface area contributed by atoms with Gasteiger partial charge < -0.3 is 5.32 Å². The van der Waals surface area contributed by atoms with Crippen molar-refractivity contribution in [1.29, 1.82) is 0 Å². The predicted octanol–water partition coefficient (Wildman–Crippen LogP) is 1.54. The Hall–Kier alpha value is -0.0400. The maximum absolute atomic E-state index is 3.75. The van der Waals surface area contributed by atoms with Gasteiger partial charge in [0.25, 0.3) is 0 Å². The largest absolute Gasteiger partial charge is 0.311 e. The summed E-state index contributed by atoms with van der Waals surface area (Å²) in [6.45, 7) is 0. The van der Waals surface area contributed by atoms with E-state index >= 15 is 0 Å². The summed E-state index contributed by atoms with van der Waals surface area (Å²) in [5, 5.41) is 3.75. The van der Waals surface area contributed by atoms with Crippen LogP contribution in [0.1, 0.15) is 32.1 Å². The predicted molar refractivity (Wildman–Crippen MR) is 40.8 cm³/mol. The molecule has 4 atom stereocenters. The van der Waals surface area contributed by atoms with Crippen LogP contribution in [0.2, 0.25) is 0 Å². The summed E-state index contributed by atoms with van der Waals surface area (Å²) in [6.07, 6.45) is 7.57. The number of nitrogens with one attached hydrogen (secondary N) is 1. The molecule has 1 saturated carbocycles. The quantitative estimate of drug-likeness (QED) is 0.534. The van der Waals surface area contributed by atoms with Crippen molar-refractivity contribution in [3.05, 3.63) is 0 Å². The molecule has 1 heteroatoms. The molecule has 3 fully saturated rings. The van der Waals surface area contributed by atoms with Gasteiger partial charge in [0.15, 0.2) is 0 Å². The lowest BCUT2D eigenvalue weighted by Crippen LogP contribution is -2.41. The summed E-state index contributed by atoms with van der Waals surface area (Å²) in [7, 11) is 0. The van der Waals surface area contributed by atoms with E-state index < -0.39 is 0 Å². The molecule has 4 bridgehead atoms. The van der Waals surface area contributed by atoms with E-state index in [2.05, 4.69) is 5.32 Å². The van der Waals surface area contributed by atoms with Crippen LogP contribution in [-0.4, -0.2) is 12.1 Å². The molecule has 0 radical (unpaired) electrons. The van der Waals surface area contributed by atoms with Crippen LogP contribution >= 0.6 is 0 Å². The van der Waals surface area contributed by atoms with Gasteiger partial charge >= 0.3 is 0 Å². The SMILES string of the molecule is C1C[C@@H]2C[C@H]1[C@@H]1CC[C@H]2N1. The van der Waals surface area contributed by atoms with E-state index in [1.807, 2.05) is 0 Å². The molecule has 1 aliphatic carbocycles. The average molecular weight is 137 g/mol. The first-order valence-electron chi connectivity index (χ1n) is 4.69. The summed E-state index contributed by atoms with van der Waals surface area (Å²) in [5.74, 6) is 2.15. The van der Waals surface area contributed by atoms with E-state index in [9.17, 15) is 0 Å². The van der Waals surface area contributed by atoms with Crippen LogP contribution in [0, 0.1) is 11.8 Å². The second-order valence-corrected chi connectivity index (χ2v) is 4.29. The average Bonchev–Trinajstić information content (AvgIpc) is 2.41. The summed E-state index contributed by atoms with van der Waals surface area (Å²) < 4.78 is 0. The smallest absolute Gasteiger partial charge is 0.00987 e. The van der Waals surface area contributed by atoms with Gasteiger partial charge in [0.2, 0.25) is 0 Å². The molecule has 0 unspecified atom stereocenters. The molecule has 0 spiro atoms. The monoisotopic (exact) mass is 137 g/mol. The third kappa shape index (κ3) is 0.572. The van der Waals surface area contributed by atoms with Crippen LogP contribution < -0.4 is 5.32 Å². The van der Waals surface area contributed by atoms with Gasteiger partial charge in [-0.15, -0.1) is 0 Å². The summed E-state index contributed by atoms with van der Waals surface area (Å²) in [4.78, 5) is 0. The second-order valence-electron chi connectivity index (χ2n) is 4.29. The minimum Gasteiger partial charge on any atom is -0.311 e. The van der Waals surface area contributed by atoms with Crippen molar-refractivity contribution in [3.8, 4) is 0 Å². The van der Waals surface area contributed by atoms with Crippen molar-refractivity contribution in [3.63, 3.8) is 0 Å². The van der Waals surface area contributed by atoms with Crippen LogP contribution in [0.15, 0.2) is 0 Å². The first kappa shape index (κ1) is 5.59. The zero-order chi connectivity index (χ0) is 6.55. The lowest BCUT2D eigenvalue weighted by atomic mass is 9.93. The second kappa shape index (κ2) is 1.76. The number of fused-ring (bicyclic) bond motifs is 6. The first-order valence-corrected chi connectivity index (χ1v) is 4.69. The van der Waals surface area contributed by atoms with Gasteiger partial charge in [-0.3, -0.25) is 0 Å². The lowest BCUT2D eigenvalue weighted by Gasteiger charge is -2.27. The van der Waals surface area contributed by atoms with E-state index in [4.69, 9.17) is 0 Å². The van der Waals surface area contributed by atoms with Gasteiger partial charge in [-0.1, -0.05) is 0 Å². The molecule has 0 amide bonds. The zero-order valence-electron chi connectivity index (χ0n) is 6.34. The molecular formula is C9H15N. The van der Waals surface area contributed by atoms with E-state index in [0.717, 1.165) is 23.9 Å². The molecule has 0 aromatic heterocycles. The lowest BCUT2D eigenvalue weighted by molar-refractivity contribution is 0.288. The highest BCUT2D eigenvalue weighted by molar-refractivity contribution is 5.01. The molecule has 2 saturated heterocycles. The first-order chi connectivity index (χ1) is 4.93. The molecule has 0 aromatic carbocycles. The maximum atomic E-state index is 3.75. The highest BCUT2D eigenvalue weighted by Crippen LogP contribution is 2.45. The fourth-order valence-electron chi connectivity index (χ4n) is 3.33. The number of hydrogen-bond acceptors (Lipinski definition) is 1. The molecule has 2 aliphatic heterocycles. The number of hydrogen-bond donors (Lipinski definition) is 1. The van der Waals surface area contributed by atoms with Crippen LogP contribution in [-0.2, 0) is 0 Å². The Labute approximate surface area is 62.2 Å². The van der Waals surface area contributed by atoms with Crippen molar-refractivity contribution in [1.82, 2.24) is 5.32 Å². The number of piperidine rings is 1. The summed E-state index contributed by atoms with van der Waals surface area (Å²) >= 11 is 0. The van der Waals surface area contributed by atoms with Crippen LogP contribution in [0.25, 0.3) is 0 Å². The Kier molecular flexibility index (Phi) is 0.984. The van der Waals surface area contributed by atoms with Gasteiger partial charge in [-0.05, 0) is 43.9 Å². The highest BCUT2D eigenvalue weighted by Gasteiger charge is 2.44. The fraction of sp³-hybridized carbons (Fsp3) is 1.00. The molecule has 10 heavy (non-hydrogen) atoms. The van der Waals surface area contributed by atoms with Crippen molar-refractivity contribution < 1.29 is 0 Å². The molecule has 1 N–H and O–H groups in total. The Balaban J connectivity index is 1.94. The van der Waals surface area contributed by atoms with Gasteiger partial charge in [-0.2, -0.15) is 0 Å². The Morgan fingerprint density at radius 3 is 2.00 bits per heavy atom. The van der Waals surface area contributed by atoms with E-state index in [-0.39, 0.29) is 0 Å². The third-order valence-electron chi connectivity index (χ3n) is 3.87. The summed E-state index contributed by atoms with van der Waals surface area (Å²) in [5.41, 5.74) is 0. The number of rotatable bonds is 0. The van der Waals surface area contributed by atoms with Gasteiger partial charge in [0.1, 0.15) is 0 Å².